The predicted molar refractivity (Wildman–Crippen MR) is 70.1 cm³/mol. The highest BCUT2D eigenvalue weighted by Crippen LogP contribution is 2.26. The number of nitrogens with one attached hydrogen (secondary N) is 1. The zero-order chi connectivity index (χ0) is 12.1. The maximum Gasteiger partial charge on any atom is 0.165 e. The van der Waals surface area contributed by atoms with E-state index in [2.05, 4.69) is 5.32 Å². The second-order valence-corrected chi connectivity index (χ2v) is 5.52. The van der Waals surface area contributed by atoms with Gasteiger partial charge in [0.25, 0.3) is 0 Å². The van der Waals surface area contributed by atoms with E-state index in [1.807, 2.05) is 17.8 Å². The van der Waals surface area contributed by atoms with Crippen molar-refractivity contribution in [3.63, 3.8) is 0 Å². The number of rotatable bonds is 4. The van der Waals surface area contributed by atoms with Crippen molar-refractivity contribution < 1.29 is 9.13 Å². The van der Waals surface area contributed by atoms with Crippen LogP contribution in [0.15, 0.2) is 18.2 Å². The molecule has 0 bridgehead atoms. The van der Waals surface area contributed by atoms with Crippen molar-refractivity contribution in [3.8, 4) is 5.75 Å². The van der Waals surface area contributed by atoms with Crippen molar-refractivity contribution >= 4 is 11.8 Å². The lowest BCUT2D eigenvalue weighted by Crippen LogP contribution is -2.29. The Hall–Kier alpha value is -0.740. The van der Waals surface area contributed by atoms with E-state index in [1.165, 1.54) is 20.0 Å². The molecule has 0 aliphatic carbocycles. The molecule has 0 aromatic heterocycles. The van der Waals surface area contributed by atoms with Crippen LogP contribution in [0.3, 0.4) is 0 Å². The number of benzene rings is 1. The van der Waals surface area contributed by atoms with Crippen molar-refractivity contribution in [2.75, 3.05) is 20.2 Å². The van der Waals surface area contributed by atoms with Crippen molar-refractivity contribution in [2.45, 2.75) is 23.8 Å². The van der Waals surface area contributed by atoms with Gasteiger partial charge in [-0.05, 0) is 43.6 Å². The molecule has 1 aliphatic rings. The fourth-order valence-corrected chi connectivity index (χ4v) is 3.15. The highest BCUT2D eigenvalue weighted by atomic mass is 32.2. The molecule has 1 heterocycles. The number of piperidine rings is 1. The van der Waals surface area contributed by atoms with Crippen molar-refractivity contribution in [1.29, 1.82) is 0 Å². The molecule has 17 heavy (non-hydrogen) atoms. The third kappa shape index (κ3) is 3.61. The fraction of sp³-hybridized carbons (Fsp3) is 0.538. The van der Waals surface area contributed by atoms with Crippen LogP contribution in [0.4, 0.5) is 4.39 Å². The standard InChI is InChI=1S/C13H18FNOS/c1-16-13-3-2-10(8-12(13)14)9-17-11-4-6-15-7-5-11/h2-3,8,11,15H,4-7,9H2,1H3. The Balaban J connectivity index is 1.87. The third-order valence-electron chi connectivity index (χ3n) is 2.99. The summed E-state index contributed by atoms with van der Waals surface area (Å²) in [6.45, 7) is 2.21. The van der Waals surface area contributed by atoms with Gasteiger partial charge in [0.05, 0.1) is 7.11 Å². The van der Waals surface area contributed by atoms with Gasteiger partial charge in [-0.2, -0.15) is 11.8 Å². The van der Waals surface area contributed by atoms with E-state index in [9.17, 15) is 4.39 Å². The number of hydrogen-bond acceptors (Lipinski definition) is 3. The van der Waals surface area contributed by atoms with Crippen LogP contribution in [0, 0.1) is 5.82 Å². The molecule has 0 unspecified atom stereocenters. The van der Waals surface area contributed by atoms with Crippen LogP contribution in [-0.4, -0.2) is 25.4 Å². The van der Waals surface area contributed by atoms with Crippen molar-refractivity contribution in [2.24, 2.45) is 0 Å². The molecule has 0 spiro atoms. The maximum atomic E-state index is 13.5. The summed E-state index contributed by atoms with van der Waals surface area (Å²) in [5, 5.41) is 4.06. The molecule has 0 radical (unpaired) electrons. The summed E-state index contributed by atoms with van der Waals surface area (Å²) in [4.78, 5) is 0. The zero-order valence-electron chi connectivity index (χ0n) is 10.0. The second kappa shape index (κ2) is 6.26. The highest BCUT2D eigenvalue weighted by molar-refractivity contribution is 7.99. The molecular formula is C13H18FNOS. The summed E-state index contributed by atoms with van der Waals surface area (Å²) in [7, 11) is 1.49. The van der Waals surface area contributed by atoms with Crippen LogP contribution in [0.25, 0.3) is 0 Å². The Kier molecular flexibility index (Phi) is 4.68. The first-order chi connectivity index (χ1) is 8.29. The average Bonchev–Trinajstić information content (AvgIpc) is 2.38. The maximum absolute atomic E-state index is 13.5. The van der Waals surface area contributed by atoms with Gasteiger partial charge in [-0.1, -0.05) is 6.07 Å². The van der Waals surface area contributed by atoms with Crippen molar-refractivity contribution in [1.82, 2.24) is 5.32 Å². The molecule has 1 N–H and O–H groups in total. The van der Waals surface area contributed by atoms with Gasteiger partial charge in [0, 0.05) is 11.0 Å². The van der Waals surface area contributed by atoms with E-state index in [0.29, 0.717) is 11.0 Å². The van der Waals surface area contributed by atoms with E-state index < -0.39 is 0 Å². The first kappa shape index (κ1) is 12.7. The second-order valence-electron chi connectivity index (χ2n) is 4.23. The SMILES string of the molecule is COc1ccc(CSC2CCNCC2)cc1F. The van der Waals surface area contributed by atoms with Gasteiger partial charge in [-0.25, -0.2) is 4.39 Å². The minimum atomic E-state index is -0.268. The van der Waals surface area contributed by atoms with Gasteiger partial charge in [0.15, 0.2) is 11.6 Å². The monoisotopic (exact) mass is 255 g/mol. The highest BCUT2D eigenvalue weighted by Gasteiger charge is 2.13. The molecule has 0 amide bonds. The quantitative estimate of drug-likeness (QED) is 0.894. The first-order valence-electron chi connectivity index (χ1n) is 5.94. The Morgan fingerprint density at radius 2 is 2.18 bits per heavy atom. The molecule has 2 rings (SSSR count). The van der Waals surface area contributed by atoms with Crippen LogP contribution in [0.5, 0.6) is 5.75 Å². The molecule has 1 fully saturated rings. The average molecular weight is 255 g/mol. The van der Waals surface area contributed by atoms with Gasteiger partial charge in [0.2, 0.25) is 0 Å². The molecule has 2 nitrogen and oxygen atoms in total. The summed E-state index contributed by atoms with van der Waals surface area (Å²) in [6, 6.07) is 5.22. The van der Waals surface area contributed by atoms with Crippen molar-refractivity contribution in [3.05, 3.63) is 29.6 Å². The summed E-state index contributed by atoms with van der Waals surface area (Å²) in [5.41, 5.74) is 1.03. The number of hydrogen-bond donors (Lipinski definition) is 1. The number of thioether (sulfide) groups is 1. The molecule has 1 saturated heterocycles. The van der Waals surface area contributed by atoms with Crippen LogP contribution < -0.4 is 10.1 Å². The van der Waals surface area contributed by atoms with Crippen LogP contribution >= 0.6 is 11.8 Å². The fourth-order valence-electron chi connectivity index (χ4n) is 1.98. The normalized spacial score (nSPS) is 17.1. The summed E-state index contributed by atoms with van der Waals surface area (Å²) in [5.74, 6) is 0.933. The van der Waals surface area contributed by atoms with Crippen LogP contribution in [0.1, 0.15) is 18.4 Å². The molecule has 0 saturated carbocycles. The molecule has 94 valence electrons. The van der Waals surface area contributed by atoms with E-state index in [0.717, 1.165) is 24.4 Å². The zero-order valence-corrected chi connectivity index (χ0v) is 10.9. The van der Waals surface area contributed by atoms with E-state index in [-0.39, 0.29) is 5.82 Å². The summed E-state index contributed by atoms with van der Waals surface area (Å²) < 4.78 is 18.4. The number of methoxy groups -OCH3 is 1. The summed E-state index contributed by atoms with van der Waals surface area (Å²) >= 11 is 1.93. The lowest BCUT2D eigenvalue weighted by molar-refractivity contribution is 0.386. The number of ether oxygens (including phenoxy) is 1. The van der Waals surface area contributed by atoms with Crippen LogP contribution in [0.2, 0.25) is 0 Å². The smallest absolute Gasteiger partial charge is 0.165 e. The lowest BCUT2D eigenvalue weighted by atomic mass is 10.2. The minimum Gasteiger partial charge on any atom is -0.494 e. The Bertz CT molecular complexity index is 366. The topological polar surface area (TPSA) is 21.3 Å². The Labute approximate surface area is 106 Å². The number of halogens is 1. The predicted octanol–water partition coefficient (Wildman–Crippen LogP) is 2.82. The third-order valence-corrected chi connectivity index (χ3v) is 4.43. The molecule has 4 heteroatoms. The van der Waals surface area contributed by atoms with Gasteiger partial charge >= 0.3 is 0 Å². The largest absolute Gasteiger partial charge is 0.494 e. The summed E-state index contributed by atoms with van der Waals surface area (Å²) in [6.07, 6.45) is 2.42. The molecule has 1 aliphatic heterocycles. The minimum absolute atomic E-state index is 0.268. The van der Waals surface area contributed by atoms with E-state index >= 15 is 0 Å². The lowest BCUT2D eigenvalue weighted by Gasteiger charge is -2.22. The first-order valence-corrected chi connectivity index (χ1v) is 6.99. The molecular weight excluding hydrogens is 237 g/mol. The van der Waals surface area contributed by atoms with Gasteiger partial charge in [-0.3, -0.25) is 0 Å². The van der Waals surface area contributed by atoms with Crippen LogP contribution in [-0.2, 0) is 5.75 Å². The van der Waals surface area contributed by atoms with E-state index in [4.69, 9.17) is 4.74 Å². The van der Waals surface area contributed by atoms with Gasteiger partial charge < -0.3 is 10.1 Å². The Morgan fingerprint density at radius 1 is 1.41 bits per heavy atom. The van der Waals surface area contributed by atoms with E-state index in [1.54, 1.807) is 12.1 Å². The van der Waals surface area contributed by atoms with Gasteiger partial charge in [-0.15, -0.1) is 0 Å². The molecule has 1 aromatic carbocycles. The molecule has 1 aromatic rings. The Morgan fingerprint density at radius 3 is 2.82 bits per heavy atom. The molecule has 0 atom stereocenters. The van der Waals surface area contributed by atoms with Gasteiger partial charge in [0.1, 0.15) is 0 Å².